The fourth-order valence-corrected chi connectivity index (χ4v) is 0.661. The maximum Gasteiger partial charge on any atom is 0.264 e. The van der Waals surface area contributed by atoms with E-state index >= 15 is 0 Å². The van der Waals surface area contributed by atoms with E-state index in [0.717, 1.165) is 0 Å². The molecule has 1 aromatic rings. The summed E-state index contributed by atoms with van der Waals surface area (Å²) in [6.07, 6.45) is 1.53. The van der Waals surface area contributed by atoms with Crippen LogP contribution >= 0.6 is 0 Å². The second-order valence-corrected chi connectivity index (χ2v) is 1.85. The smallest absolute Gasteiger partial charge is 0.264 e. The molecule has 1 rings (SSSR count). The Hall–Kier alpha value is -1.82. The van der Waals surface area contributed by atoms with Crippen LogP contribution in [0.5, 0.6) is 0 Å². The molecule has 54 valence electrons. The van der Waals surface area contributed by atoms with E-state index in [1.165, 1.54) is 30.5 Å². The van der Waals surface area contributed by atoms with Crippen molar-refractivity contribution < 1.29 is 6.17 Å². The molecule has 0 saturated heterocycles. The van der Waals surface area contributed by atoms with Crippen molar-refractivity contribution in [2.75, 3.05) is 0 Å². The zero-order valence-electron chi connectivity index (χ0n) is 6.66. The summed E-state index contributed by atoms with van der Waals surface area (Å²) in [7, 11) is 0. The van der Waals surface area contributed by atoms with Gasteiger partial charge in [-0.2, -0.15) is 5.26 Å². The third-order valence-electron chi connectivity index (χ3n) is 1.15. The van der Waals surface area contributed by atoms with Crippen molar-refractivity contribution in [3.8, 4) is 6.19 Å². The number of hydrogen-bond donors (Lipinski definition) is 1. The summed E-state index contributed by atoms with van der Waals surface area (Å²) in [6, 6.07) is 6.31. The minimum Gasteiger partial charge on any atom is -0.268 e. The molecule has 0 atom stereocenters. The maximum absolute atomic E-state index is 11.0. The van der Waals surface area contributed by atoms with Gasteiger partial charge in [-0.05, 0) is 12.1 Å². The molecule has 0 fully saturated rings. The molecule has 0 radical (unpaired) electrons. The van der Waals surface area contributed by atoms with Gasteiger partial charge in [0.05, 0.1) is 1.37 Å². The van der Waals surface area contributed by atoms with Gasteiger partial charge in [0.1, 0.15) is 0 Å². The first-order valence-electron chi connectivity index (χ1n) is 3.50. The van der Waals surface area contributed by atoms with Crippen LogP contribution in [0.4, 0.5) is 0 Å². The molecule has 0 aliphatic rings. The van der Waals surface area contributed by atoms with E-state index in [9.17, 15) is 4.79 Å². The lowest BCUT2D eigenvalue weighted by molar-refractivity contribution is 0.0973. The van der Waals surface area contributed by atoms with Crippen LogP contribution in [0.15, 0.2) is 30.3 Å². The summed E-state index contributed by atoms with van der Waals surface area (Å²) in [5, 5.41) is 10.1. The monoisotopic (exact) mass is 147 g/mol. The molecule has 11 heavy (non-hydrogen) atoms. The summed E-state index contributed by atoms with van der Waals surface area (Å²) in [6.45, 7) is 0. The van der Waals surface area contributed by atoms with Crippen molar-refractivity contribution in [2.24, 2.45) is 0 Å². The molecular formula is C8H6N2O. The Kier molecular flexibility index (Phi) is 1.82. The number of amides is 1. The number of nitrogens with one attached hydrogen (secondary N) is 1. The lowest BCUT2D eigenvalue weighted by Gasteiger charge is -1.94. The summed E-state index contributed by atoms with van der Waals surface area (Å²) in [5.41, 5.74) is 0.382. The lowest BCUT2D eigenvalue weighted by Crippen LogP contribution is -2.16. The van der Waals surface area contributed by atoms with E-state index in [2.05, 4.69) is 0 Å². The van der Waals surface area contributed by atoms with E-state index in [1.54, 1.807) is 0 Å². The third-order valence-corrected chi connectivity index (χ3v) is 1.15. The number of carbonyl (C=O) groups is 1. The Morgan fingerprint density at radius 3 is 2.82 bits per heavy atom. The van der Waals surface area contributed by atoms with Crippen LogP contribution in [0.1, 0.15) is 11.7 Å². The number of nitrogens with zero attached hydrogens (tertiary/aromatic N) is 1. The molecule has 0 bridgehead atoms. The molecule has 1 amide bonds. The summed E-state index contributed by atoms with van der Waals surface area (Å²) < 4.78 is 7.14. The topological polar surface area (TPSA) is 52.9 Å². The van der Waals surface area contributed by atoms with E-state index in [0.29, 0.717) is 11.6 Å². The van der Waals surface area contributed by atoms with Crippen LogP contribution < -0.4 is 5.32 Å². The minimum atomic E-state index is -0.447. The Morgan fingerprint density at radius 1 is 1.64 bits per heavy atom. The van der Waals surface area contributed by atoms with Crippen molar-refractivity contribution in [3.63, 3.8) is 0 Å². The van der Waals surface area contributed by atoms with E-state index in [-0.39, 0.29) is 0 Å². The number of benzene rings is 1. The Balaban J connectivity index is 2.84. The Bertz CT molecular complexity index is 326. The van der Waals surface area contributed by atoms with E-state index < -0.39 is 5.91 Å². The van der Waals surface area contributed by atoms with Gasteiger partial charge in [0.15, 0.2) is 6.19 Å². The van der Waals surface area contributed by atoms with Gasteiger partial charge in [-0.1, -0.05) is 18.2 Å². The third kappa shape index (κ3) is 1.80. The molecule has 1 N–H and O–H groups in total. The number of hydrogen-bond acceptors (Lipinski definition) is 2. The standard InChI is InChI=1S/C8H6N2O/c9-6-10-8(11)7-4-2-1-3-5-7/h1-5H,(H,10,11)/i1D. The Morgan fingerprint density at radius 2 is 2.27 bits per heavy atom. The zero-order chi connectivity index (χ0) is 8.97. The molecule has 0 heterocycles. The van der Waals surface area contributed by atoms with Crippen LogP contribution in [-0.4, -0.2) is 5.91 Å². The first kappa shape index (κ1) is 5.93. The van der Waals surface area contributed by atoms with Crippen LogP contribution in [0.3, 0.4) is 0 Å². The predicted molar refractivity (Wildman–Crippen MR) is 39.5 cm³/mol. The zero-order valence-corrected chi connectivity index (χ0v) is 5.66. The van der Waals surface area contributed by atoms with Crippen molar-refractivity contribution in [1.82, 2.24) is 5.32 Å². The van der Waals surface area contributed by atoms with Crippen LogP contribution in [0, 0.1) is 11.5 Å². The van der Waals surface area contributed by atoms with Gasteiger partial charge < -0.3 is 0 Å². The van der Waals surface area contributed by atoms with Crippen molar-refractivity contribution in [1.29, 1.82) is 5.26 Å². The van der Waals surface area contributed by atoms with Gasteiger partial charge in [-0.25, -0.2) is 0 Å². The van der Waals surface area contributed by atoms with Crippen molar-refractivity contribution >= 4 is 5.91 Å². The molecule has 0 aromatic heterocycles. The van der Waals surface area contributed by atoms with E-state index in [1.807, 2.05) is 5.32 Å². The predicted octanol–water partition coefficient (Wildman–Crippen LogP) is 0.897. The summed E-state index contributed by atoms with van der Waals surface area (Å²) in [4.78, 5) is 11.0. The second kappa shape index (κ2) is 3.37. The highest BCUT2D eigenvalue weighted by molar-refractivity contribution is 5.94. The number of nitriles is 1. The molecule has 0 aliphatic heterocycles. The Labute approximate surface area is 65.7 Å². The molecule has 3 heteroatoms. The largest absolute Gasteiger partial charge is 0.268 e. The van der Waals surface area contributed by atoms with Gasteiger partial charge in [-0.3, -0.25) is 10.1 Å². The van der Waals surface area contributed by atoms with Gasteiger partial charge in [0.2, 0.25) is 0 Å². The first-order valence-corrected chi connectivity index (χ1v) is 3.00. The van der Waals surface area contributed by atoms with Crippen molar-refractivity contribution in [2.45, 2.75) is 0 Å². The highest BCUT2D eigenvalue weighted by Gasteiger charge is 2.00. The number of rotatable bonds is 1. The quantitative estimate of drug-likeness (QED) is 0.474. The molecule has 1 aromatic carbocycles. The summed E-state index contributed by atoms with van der Waals surface area (Å²) >= 11 is 0. The fraction of sp³-hybridized carbons (Fsp3) is 0. The minimum absolute atomic E-state index is 0.337. The molecule has 3 nitrogen and oxygen atoms in total. The van der Waals surface area contributed by atoms with Gasteiger partial charge in [-0.15, -0.1) is 0 Å². The SMILES string of the molecule is [2H]c1ccc(C(=O)NC#N)cc1. The summed E-state index contributed by atoms with van der Waals surface area (Å²) in [5.74, 6) is -0.447. The molecule has 0 spiro atoms. The van der Waals surface area contributed by atoms with Crippen molar-refractivity contribution in [3.05, 3.63) is 35.9 Å². The number of carbonyl (C=O) groups excluding carboxylic acids is 1. The maximum atomic E-state index is 11.0. The van der Waals surface area contributed by atoms with Gasteiger partial charge in [0, 0.05) is 5.56 Å². The highest BCUT2D eigenvalue weighted by atomic mass is 16.1. The molecule has 0 aliphatic carbocycles. The van der Waals surface area contributed by atoms with Crippen LogP contribution in [-0.2, 0) is 0 Å². The van der Waals surface area contributed by atoms with Gasteiger partial charge >= 0.3 is 0 Å². The normalized spacial score (nSPS) is 9.55. The van der Waals surface area contributed by atoms with Gasteiger partial charge in [0.25, 0.3) is 5.91 Å². The lowest BCUT2D eigenvalue weighted by atomic mass is 10.2. The first-order chi connectivity index (χ1) is 5.74. The molecule has 0 saturated carbocycles. The van der Waals surface area contributed by atoms with E-state index in [4.69, 9.17) is 6.63 Å². The molecular weight excluding hydrogens is 140 g/mol. The van der Waals surface area contributed by atoms with Crippen LogP contribution in [0.25, 0.3) is 0 Å². The average Bonchev–Trinajstić information content (AvgIpc) is 2.06. The average molecular weight is 147 g/mol. The highest BCUT2D eigenvalue weighted by Crippen LogP contribution is 1.96. The second-order valence-electron chi connectivity index (χ2n) is 1.85. The molecule has 0 unspecified atom stereocenters. The van der Waals surface area contributed by atoms with Crippen LogP contribution in [0.2, 0.25) is 0 Å². The fourth-order valence-electron chi connectivity index (χ4n) is 0.661.